The second-order valence-electron chi connectivity index (χ2n) is 8.52. The lowest BCUT2D eigenvalue weighted by Gasteiger charge is -2.12. The lowest BCUT2D eigenvalue weighted by atomic mass is 10.2. The quantitative estimate of drug-likeness (QED) is 0.245. The van der Waals surface area contributed by atoms with E-state index >= 15 is 0 Å². The minimum Gasteiger partial charge on any atom is -0.333 e. The third kappa shape index (κ3) is 11.0. The molecule has 0 saturated heterocycles. The standard InChI is InChI=1S/C12H12F4N2OS2.C12H12F4N2S2/c1-7-4-8(13)9(18-11-17-2-3-20-11)5-10(7)21(19)6-12(14,15)16;1-7-4-8(13)9(18-11-17-2-3-19-11)5-10(7)20-6-12(14,15)16/h4-5H,2-3,6H2,1H3,(H,17,18);4-5H,2-3,6H2,1H3,(H,17,18). The molecule has 0 spiro atoms. The Labute approximate surface area is 246 Å². The van der Waals surface area contributed by atoms with Crippen molar-refractivity contribution in [1.82, 2.24) is 0 Å². The summed E-state index contributed by atoms with van der Waals surface area (Å²) >= 11 is 3.51. The molecule has 226 valence electrons. The number of aryl methyl sites for hydroxylation is 2. The molecule has 5 nitrogen and oxygen atoms in total. The third-order valence-corrected chi connectivity index (χ3v) is 9.64. The van der Waals surface area contributed by atoms with Crippen LogP contribution in [0.3, 0.4) is 0 Å². The van der Waals surface area contributed by atoms with Crippen LogP contribution in [0.25, 0.3) is 0 Å². The van der Waals surface area contributed by atoms with Gasteiger partial charge in [-0.15, -0.1) is 11.8 Å². The first-order valence-corrected chi connectivity index (χ1v) is 16.0. The van der Waals surface area contributed by atoms with Crippen molar-refractivity contribution >= 4 is 67.8 Å². The van der Waals surface area contributed by atoms with E-state index in [4.69, 9.17) is 0 Å². The average Bonchev–Trinajstić information content (AvgIpc) is 3.55. The molecule has 17 heteroatoms. The van der Waals surface area contributed by atoms with Gasteiger partial charge in [0.1, 0.15) is 17.4 Å². The molecule has 4 rings (SSSR count). The first-order chi connectivity index (χ1) is 19.1. The van der Waals surface area contributed by atoms with Gasteiger partial charge in [0.25, 0.3) is 0 Å². The van der Waals surface area contributed by atoms with E-state index in [-0.39, 0.29) is 21.8 Å². The fraction of sp³-hybridized carbons (Fsp3) is 0.417. The summed E-state index contributed by atoms with van der Waals surface area (Å²) in [5, 5.41) is 6.64. The number of alkyl halides is 6. The van der Waals surface area contributed by atoms with Crippen LogP contribution in [0.1, 0.15) is 11.1 Å². The molecule has 0 saturated carbocycles. The summed E-state index contributed by atoms with van der Waals surface area (Å²) in [6.45, 7) is 4.29. The van der Waals surface area contributed by atoms with Crippen LogP contribution in [-0.2, 0) is 10.8 Å². The van der Waals surface area contributed by atoms with Gasteiger partial charge in [0.15, 0.2) is 10.3 Å². The second kappa shape index (κ2) is 14.5. The van der Waals surface area contributed by atoms with Gasteiger partial charge < -0.3 is 10.6 Å². The van der Waals surface area contributed by atoms with Crippen molar-refractivity contribution in [1.29, 1.82) is 0 Å². The first kappa shape index (κ1) is 33.5. The van der Waals surface area contributed by atoms with E-state index in [2.05, 4.69) is 20.6 Å². The zero-order chi connectivity index (χ0) is 30.4. The predicted molar refractivity (Wildman–Crippen MR) is 153 cm³/mol. The lowest BCUT2D eigenvalue weighted by molar-refractivity contribution is -0.106. The van der Waals surface area contributed by atoms with Crippen molar-refractivity contribution in [2.24, 2.45) is 9.98 Å². The van der Waals surface area contributed by atoms with E-state index in [0.29, 0.717) is 45.6 Å². The Morgan fingerprint density at radius 3 is 1.80 bits per heavy atom. The zero-order valence-corrected chi connectivity index (χ0v) is 24.8. The SMILES string of the molecule is Cc1cc(F)c(NC2=NCCS2)cc1S(=O)CC(F)(F)F.Cc1cc(F)c(NC2=NCCS2)cc1SCC(F)(F)F. The molecule has 1 unspecified atom stereocenters. The fourth-order valence-corrected chi connectivity index (χ4v) is 6.74. The Morgan fingerprint density at radius 2 is 1.34 bits per heavy atom. The summed E-state index contributed by atoms with van der Waals surface area (Å²) in [5.74, 6) is -1.96. The Kier molecular flexibility index (Phi) is 11.8. The Balaban J connectivity index is 0.000000226. The van der Waals surface area contributed by atoms with Gasteiger partial charge in [-0.05, 0) is 49.2 Å². The minimum absolute atomic E-state index is 0.0146. The number of thioether (sulfide) groups is 3. The van der Waals surface area contributed by atoms with Gasteiger partial charge >= 0.3 is 12.4 Å². The van der Waals surface area contributed by atoms with E-state index in [9.17, 15) is 39.3 Å². The molecule has 2 aliphatic heterocycles. The van der Waals surface area contributed by atoms with Crippen LogP contribution in [0.4, 0.5) is 46.5 Å². The zero-order valence-electron chi connectivity index (χ0n) is 21.5. The van der Waals surface area contributed by atoms with Crippen molar-refractivity contribution in [3.8, 4) is 0 Å². The maximum Gasteiger partial charge on any atom is 0.400 e. The van der Waals surface area contributed by atoms with Gasteiger partial charge in [0, 0.05) is 21.3 Å². The van der Waals surface area contributed by atoms with Crippen molar-refractivity contribution < 1.29 is 39.3 Å². The highest BCUT2D eigenvalue weighted by Crippen LogP contribution is 2.33. The molecule has 0 bridgehead atoms. The molecule has 0 amide bonds. The van der Waals surface area contributed by atoms with E-state index in [0.717, 1.165) is 23.6 Å². The lowest BCUT2D eigenvalue weighted by Crippen LogP contribution is -2.19. The molecule has 0 fully saturated rings. The number of hydrogen-bond acceptors (Lipinski definition) is 8. The number of anilines is 2. The van der Waals surface area contributed by atoms with Crippen molar-refractivity contribution in [2.45, 2.75) is 36.0 Å². The Morgan fingerprint density at radius 1 is 0.829 bits per heavy atom. The Hall–Kier alpha value is -1.98. The van der Waals surface area contributed by atoms with Crippen molar-refractivity contribution in [2.75, 3.05) is 46.7 Å². The molecule has 2 aromatic carbocycles. The maximum atomic E-state index is 13.8. The first-order valence-electron chi connectivity index (χ1n) is 11.7. The summed E-state index contributed by atoms with van der Waals surface area (Å²) in [4.78, 5) is 8.58. The number of amidine groups is 2. The van der Waals surface area contributed by atoms with Gasteiger partial charge in [-0.2, -0.15) is 26.3 Å². The van der Waals surface area contributed by atoms with Crippen LogP contribution >= 0.6 is 35.3 Å². The summed E-state index contributed by atoms with van der Waals surface area (Å²) in [6, 6.07) is 4.88. The second-order valence-corrected chi connectivity index (χ2v) is 13.1. The number of aliphatic imine (C=N–C) groups is 2. The van der Waals surface area contributed by atoms with Crippen LogP contribution in [0.5, 0.6) is 0 Å². The van der Waals surface area contributed by atoms with Gasteiger partial charge in [0.2, 0.25) is 0 Å². The van der Waals surface area contributed by atoms with E-state index < -0.39 is 46.3 Å². The molecular weight excluding hydrogens is 641 g/mol. The monoisotopic (exact) mass is 664 g/mol. The molecule has 2 aromatic rings. The van der Waals surface area contributed by atoms with Crippen LogP contribution < -0.4 is 10.6 Å². The Bertz CT molecular complexity index is 1330. The number of hydrogen-bond donors (Lipinski definition) is 2. The van der Waals surface area contributed by atoms with Gasteiger partial charge in [-0.1, -0.05) is 23.5 Å². The molecule has 2 aliphatic rings. The number of nitrogens with zero attached hydrogens (tertiary/aromatic N) is 2. The van der Waals surface area contributed by atoms with E-state index in [1.54, 1.807) is 6.92 Å². The molecule has 0 aromatic heterocycles. The maximum absolute atomic E-state index is 13.8. The highest BCUT2D eigenvalue weighted by molar-refractivity contribution is 8.14. The fourth-order valence-electron chi connectivity index (χ4n) is 3.34. The normalized spacial score (nSPS) is 16.0. The topological polar surface area (TPSA) is 65.8 Å². The number of halogens is 8. The summed E-state index contributed by atoms with van der Waals surface area (Å²) < 4.78 is 113. The van der Waals surface area contributed by atoms with Crippen LogP contribution in [0, 0.1) is 25.5 Å². The molecule has 0 radical (unpaired) electrons. The number of benzene rings is 2. The van der Waals surface area contributed by atoms with Crippen molar-refractivity contribution in [3.05, 3.63) is 47.0 Å². The van der Waals surface area contributed by atoms with Gasteiger partial charge in [-0.25, -0.2) is 8.78 Å². The molecule has 1 atom stereocenters. The van der Waals surface area contributed by atoms with Gasteiger partial charge in [0.05, 0.1) is 41.0 Å². The largest absolute Gasteiger partial charge is 0.400 e. The third-order valence-electron chi connectivity index (χ3n) is 5.11. The smallest absolute Gasteiger partial charge is 0.333 e. The van der Waals surface area contributed by atoms with Gasteiger partial charge in [-0.3, -0.25) is 14.2 Å². The molecule has 41 heavy (non-hydrogen) atoms. The highest BCUT2D eigenvalue weighted by atomic mass is 32.2. The predicted octanol–water partition coefficient (Wildman–Crippen LogP) is 7.62. The molecule has 0 aliphatic carbocycles. The summed E-state index contributed by atoms with van der Waals surface area (Å²) in [5.41, 5.74) is 0.859. The highest BCUT2D eigenvalue weighted by Gasteiger charge is 2.32. The number of nitrogens with one attached hydrogen (secondary N) is 2. The van der Waals surface area contributed by atoms with Crippen LogP contribution in [0.15, 0.2) is 44.0 Å². The molecule has 2 heterocycles. The van der Waals surface area contributed by atoms with Crippen LogP contribution in [0.2, 0.25) is 0 Å². The van der Waals surface area contributed by atoms with E-state index in [1.165, 1.54) is 42.6 Å². The summed E-state index contributed by atoms with van der Waals surface area (Å²) in [7, 11) is -2.26. The average molecular weight is 665 g/mol. The van der Waals surface area contributed by atoms with Crippen LogP contribution in [-0.4, -0.2) is 63.0 Å². The molecular formula is C24H24F8N4OS4. The van der Waals surface area contributed by atoms with Crippen molar-refractivity contribution in [3.63, 3.8) is 0 Å². The minimum atomic E-state index is -4.54. The summed E-state index contributed by atoms with van der Waals surface area (Å²) in [6.07, 6.45) is -8.78. The van der Waals surface area contributed by atoms with E-state index in [1.807, 2.05) is 0 Å². The number of rotatable bonds is 6. The molecule has 2 N–H and O–H groups in total.